The number of fused-ring (bicyclic) bond motifs is 1. The first-order valence-corrected chi connectivity index (χ1v) is 13.4. The quantitative estimate of drug-likeness (QED) is 0.555. The lowest BCUT2D eigenvalue weighted by Crippen LogP contribution is -2.44. The minimum Gasteiger partial charge on any atom is -0.371 e. The van der Waals surface area contributed by atoms with E-state index in [4.69, 9.17) is 0 Å². The molecular weight excluding hydrogens is 453 g/mol. The van der Waals surface area contributed by atoms with Crippen molar-refractivity contribution in [3.05, 3.63) is 78.1 Å². The molecule has 0 amide bonds. The second kappa shape index (κ2) is 8.16. The zero-order valence-corrected chi connectivity index (χ0v) is 19.9. The Bertz CT molecular complexity index is 1270. The van der Waals surface area contributed by atoms with Crippen molar-refractivity contribution >= 4 is 15.7 Å². The van der Waals surface area contributed by atoms with Gasteiger partial charge >= 0.3 is 0 Å². The van der Waals surface area contributed by atoms with E-state index in [-0.39, 0.29) is 18.4 Å². The molecular formula is C25H28FN5O2S. The van der Waals surface area contributed by atoms with E-state index in [0.717, 1.165) is 30.8 Å². The molecule has 1 aliphatic carbocycles. The van der Waals surface area contributed by atoms with E-state index >= 15 is 4.39 Å². The maximum absolute atomic E-state index is 15.2. The summed E-state index contributed by atoms with van der Waals surface area (Å²) in [5.41, 5.74) is 2.07. The number of sulfonamides is 1. The van der Waals surface area contributed by atoms with Crippen molar-refractivity contribution < 1.29 is 12.8 Å². The minimum atomic E-state index is -3.59. The van der Waals surface area contributed by atoms with Crippen molar-refractivity contribution in [3.8, 4) is 0 Å². The van der Waals surface area contributed by atoms with Gasteiger partial charge in [0.05, 0.1) is 0 Å². The summed E-state index contributed by atoms with van der Waals surface area (Å²) in [5, 5.41) is 7.21. The molecule has 2 aliphatic heterocycles. The van der Waals surface area contributed by atoms with Gasteiger partial charge in [-0.1, -0.05) is 36.4 Å². The molecule has 178 valence electrons. The van der Waals surface area contributed by atoms with Gasteiger partial charge in [-0.3, -0.25) is 0 Å². The van der Waals surface area contributed by atoms with Crippen LogP contribution in [0.3, 0.4) is 0 Å². The number of piperidine rings is 1. The fourth-order valence-electron chi connectivity index (χ4n) is 5.89. The molecule has 6 rings (SSSR count). The zero-order chi connectivity index (χ0) is 23.4. The Morgan fingerprint density at radius 1 is 1.00 bits per heavy atom. The lowest BCUT2D eigenvalue weighted by Gasteiger charge is -2.37. The summed E-state index contributed by atoms with van der Waals surface area (Å²) in [4.78, 5) is 2.22. The van der Waals surface area contributed by atoms with Gasteiger partial charge < -0.3 is 9.47 Å². The van der Waals surface area contributed by atoms with Crippen LogP contribution >= 0.6 is 0 Å². The second-order valence-electron chi connectivity index (χ2n) is 9.82. The summed E-state index contributed by atoms with van der Waals surface area (Å²) in [6.45, 7) is 3.72. The third-order valence-electron chi connectivity index (χ3n) is 7.85. The van der Waals surface area contributed by atoms with Crippen molar-refractivity contribution in [1.82, 2.24) is 19.1 Å². The van der Waals surface area contributed by atoms with Crippen LogP contribution in [-0.4, -0.2) is 46.6 Å². The third kappa shape index (κ3) is 3.62. The topological polar surface area (TPSA) is 71.3 Å². The average Bonchev–Trinajstić information content (AvgIpc) is 3.20. The molecule has 0 radical (unpaired) electrons. The summed E-state index contributed by atoms with van der Waals surface area (Å²) in [5.74, 6) is 0.721. The molecule has 3 aliphatic rings. The minimum absolute atomic E-state index is 0.0555. The van der Waals surface area contributed by atoms with Crippen molar-refractivity contribution in [1.29, 1.82) is 0 Å². The predicted octanol–water partition coefficient (Wildman–Crippen LogP) is 3.78. The lowest BCUT2D eigenvalue weighted by molar-refractivity contribution is 0.279. The van der Waals surface area contributed by atoms with Crippen molar-refractivity contribution in [2.75, 3.05) is 18.0 Å². The highest BCUT2D eigenvalue weighted by Gasteiger charge is 2.57. The molecule has 34 heavy (non-hydrogen) atoms. The Balaban J connectivity index is 1.17. The highest BCUT2D eigenvalue weighted by molar-refractivity contribution is 7.89. The molecule has 3 heterocycles. The Morgan fingerprint density at radius 2 is 1.71 bits per heavy atom. The molecule has 3 fully saturated rings. The monoisotopic (exact) mass is 481 g/mol. The average molecular weight is 482 g/mol. The summed E-state index contributed by atoms with van der Waals surface area (Å²) in [7, 11) is -3.59. The van der Waals surface area contributed by atoms with Gasteiger partial charge in [-0.25, -0.2) is 12.8 Å². The first kappa shape index (κ1) is 21.7. The highest BCUT2D eigenvalue weighted by Crippen LogP contribution is 2.55. The molecule has 1 saturated carbocycles. The molecule has 3 aromatic rings. The van der Waals surface area contributed by atoms with E-state index in [1.165, 1.54) is 4.31 Å². The number of benzene rings is 2. The van der Waals surface area contributed by atoms with E-state index in [1.807, 2.05) is 43.3 Å². The van der Waals surface area contributed by atoms with Gasteiger partial charge in [0.1, 0.15) is 23.7 Å². The van der Waals surface area contributed by atoms with E-state index in [2.05, 4.69) is 19.7 Å². The summed E-state index contributed by atoms with van der Waals surface area (Å²) in [6, 6.07) is 14.8. The number of rotatable bonds is 5. The number of hydrogen-bond acceptors (Lipinski definition) is 5. The number of hydrogen-bond donors (Lipinski definition) is 0. The number of anilines is 1. The molecule has 2 saturated heterocycles. The van der Waals surface area contributed by atoms with Gasteiger partial charge in [-0.2, -0.15) is 4.31 Å². The highest BCUT2D eigenvalue weighted by atomic mass is 32.2. The van der Waals surface area contributed by atoms with Crippen LogP contribution in [0, 0.1) is 17.7 Å². The first-order valence-electron chi connectivity index (χ1n) is 11.9. The second-order valence-corrected chi connectivity index (χ2v) is 11.9. The molecule has 0 unspecified atom stereocenters. The normalized spacial score (nSPS) is 30.3. The summed E-state index contributed by atoms with van der Waals surface area (Å²) in [6.07, 6.45) is 4.86. The molecule has 1 aromatic heterocycles. The molecule has 0 spiro atoms. The Hall–Kier alpha value is -2.78. The Labute approximate surface area is 199 Å². The maximum Gasteiger partial charge on any atom is 0.221 e. The van der Waals surface area contributed by atoms with Gasteiger partial charge in [0, 0.05) is 54.8 Å². The largest absolute Gasteiger partial charge is 0.371 e. The van der Waals surface area contributed by atoms with Crippen LogP contribution in [0.15, 0.2) is 61.2 Å². The number of aromatic nitrogens is 3. The molecule has 0 N–H and O–H groups in total. The SMILES string of the molecule is C[C@H]1CC[C@@H](c2ccccc2)S(=O)(=O)N1Cc1ccc(N2C[C@@H]3[C@H](C2)[C@H]3n2cnnc2)cc1F. The van der Waals surface area contributed by atoms with Crippen LogP contribution in [0.2, 0.25) is 0 Å². The van der Waals surface area contributed by atoms with Crippen LogP contribution in [0.4, 0.5) is 10.1 Å². The zero-order valence-electron chi connectivity index (χ0n) is 19.0. The smallest absolute Gasteiger partial charge is 0.221 e. The van der Waals surface area contributed by atoms with E-state index in [0.29, 0.717) is 29.9 Å². The van der Waals surface area contributed by atoms with E-state index in [9.17, 15) is 8.42 Å². The Morgan fingerprint density at radius 3 is 2.38 bits per heavy atom. The Kier molecular flexibility index (Phi) is 5.22. The fourth-order valence-corrected chi connectivity index (χ4v) is 8.08. The van der Waals surface area contributed by atoms with Crippen LogP contribution in [0.25, 0.3) is 0 Å². The van der Waals surface area contributed by atoms with Gasteiger partial charge in [0.25, 0.3) is 0 Å². The number of nitrogens with zero attached hydrogens (tertiary/aromatic N) is 5. The third-order valence-corrected chi connectivity index (χ3v) is 10.2. The summed E-state index contributed by atoms with van der Waals surface area (Å²) < 4.78 is 45.7. The van der Waals surface area contributed by atoms with Gasteiger partial charge in [0.15, 0.2) is 0 Å². The van der Waals surface area contributed by atoms with Crippen LogP contribution < -0.4 is 4.90 Å². The standard InChI is InChI=1S/C25H28FN5O2S/c1-17-7-10-24(18-5-3-2-4-6-18)34(32,33)31(17)12-19-8-9-20(11-23(19)26)29-13-21-22(14-29)25(21)30-15-27-28-16-30/h2-6,8-9,11,15-17,21-22,24-25H,7,10,12-14H2,1H3/t17-,21-,22+,24-,25+/m0/s1. The van der Waals surface area contributed by atoms with Crippen molar-refractivity contribution in [2.24, 2.45) is 11.8 Å². The van der Waals surface area contributed by atoms with E-state index in [1.54, 1.807) is 24.8 Å². The van der Waals surface area contributed by atoms with Crippen molar-refractivity contribution in [2.45, 2.75) is 43.6 Å². The van der Waals surface area contributed by atoms with Crippen LogP contribution in [0.1, 0.15) is 42.2 Å². The molecule has 5 atom stereocenters. The first-order chi connectivity index (χ1) is 16.4. The molecule has 7 nitrogen and oxygen atoms in total. The molecule has 2 aromatic carbocycles. The van der Waals surface area contributed by atoms with Crippen LogP contribution in [0.5, 0.6) is 0 Å². The van der Waals surface area contributed by atoms with Gasteiger partial charge in [-0.15, -0.1) is 10.2 Å². The molecule has 0 bridgehead atoms. The molecule has 9 heteroatoms. The van der Waals surface area contributed by atoms with Gasteiger partial charge in [-0.05, 0) is 37.5 Å². The van der Waals surface area contributed by atoms with Gasteiger partial charge in [0.2, 0.25) is 10.0 Å². The maximum atomic E-state index is 15.2. The van der Waals surface area contributed by atoms with E-state index < -0.39 is 15.3 Å². The summed E-state index contributed by atoms with van der Waals surface area (Å²) >= 11 is 0. The number of halogens is 1. The predicted molar refractivity (Wildman–Crippen MR) is 127 cm³/mol. The fraction of sp³-hybridized carbons (Fsp3) is 0.440. The lowest BCUT2D eigenvalue weighted by atomic mass is 10.0. The van der Waals surface area contributed by atoms with Crippen molar-refractivity contribution in [3.63, 3.8) is 0 Å². The van der Waals surface area contributed by atoms with Crippen LogP contribution in [-0.2, 0) is 16.6 Å².